The van der Waals surface area contributed by atoms with Gasteiger partial charge in [0, 0.05) is 31.7 Å². The third kappa shape index (κ3) is 4.82. The van der Waals surface area contributed by atoms with Crippen molar-refractivity contribution in [2.45, 2.75) is 38.8 Å². The number of aryl methyl sites for hydroxylation is 1. The molecular formula is C27H28N4O4. The number of nitrogens with one attached hydrogen (secondary N) is 1. The zero-order valence-corrected chi connectivity index (χ0v) is 19.6. The fourth-order valence-electron chi connectivity index (χ4n) is 4.94. The highest BCUT2D eigenvalue weighted by Crippen LogP contribution is 2.28. The highest BCUT2D eigenvalue weighted by Gasteiger charge is 2.39. The Balaban J connectivity index is 1.34. The summed E-state index contributed by atoms with van der Waals surface area (Å²) in [7, 11) is 0. The van der Waals surface area contributed by atoms with Crippen molar-refractivity contribution in [3.8, 4) is 0 Å². The van der Waals surface area contributed by atoms with Crippen molar-refractivity contribution in [2.24, 2.45) is 5.92 Å². The number of aromatic nitrogens is 1. The second-order valence-corrected chi connectivity index (χ2v) is 9.18. The molecule has 1 saturated heterocycles. The van der Waals surface area contributed by atoms with Crippen LogP contribution in [0.1, 0.15) is 40.2 Å². The van der Waals surface area contributed by atoms with Gasteiger partial charge in [-0.3, -0.25) is 14.4 Å². The summed E-state index contributed by atoms with van der Waals surface area (Å²) < 4.78 is 5.35. The number of carbonyl (C=O) groups is 3. The monoisotopic (exact) mass is 472 g/mol. The topological polar surface area (TPSA) is 95.8 Å². The number of nitrogens with zero attached hydrogens (tertiary/aromatic N) is 3. The predicted octanol–water partition coefficient (Wildman–Crippen LogP) is 3.43. The largest absolute Gasteiger partial charge is 0.459 e. The van der Waals surface area contributed by atoms with Crippen LogP contribution in [-0.4, -0.2) is 51.6 Å². The van der Waals surface area contributed by atoms with Gasteiger partial charge >= 0.3 is 0 Å². The molecule has 0 bridgehead atoms. The smallest absolute Gasteiger partial charge is 0.290 e. The second-order valence-electron chi connectivity index (χ2n) is 9.18. The molecule has 2 aliphatic heterocycles. The Bertz CT molecular complexity index is 1240. The second kappa shape index (κ2) is 9.74. The molecule has 8 nitrogen and oxygen atoms in total. The van der Waals surface area contributed by atoms with Gasteiger partial charge in [-0.2, -0.15) is 0 Å². The zero-order chi connectivity index (χ0) is 24.4. The third-order valence-corrected chi connectivity index (χ3v) is 6.77. The van der Waals surface area contributed by atoms with Crippen molar-refractivity contribution >= 4 is 23.5 Å². The van der Waals surface area contributed by atoms with Crippen LogP contribution in [0.25, 0.3) is 0 Å². The minimum absolute atomic E-state index is 0.134. The van der Waals surface area contributed by atoms with Crippen LogP contribution in [0.15, 0.2) is 65.3 Å². The molecule has 35 heavy (non-hydrogen) atoms. The van der Waals surface area contributed by atoms with E-state index < -0.39 is 6.04 Å². The van der Waals surface area contributed by atoms with Gasteiger partial charge in [0.25, 0.3) is 5.91 Å². The van der Waals surface area contributed by atoms with Crippen LogP contribution in [0.2, 0.25) is 0 Å². The van der Waals surface area contributed by atoms with Crippen LogP contribution in [0.5, 0.6) is 0 Å². The lowest BCUT2D eigenvalue weighted by Crippen LogP contribution is -2.56. The number of carbonyl (C=O) groups excluding carboxylic acids is 3. The molecule has 3 amide bonds. The average molecular weight is 473 g/mol. The Morgan fingerprint density at radius 2 is 1.86 bits per heavy atom. The summed E-state index contributed by atoms with van der Waals surface area (Å²) >= 11 is 0. The maximum atomic E-state index is 13.8. The number of anilines is 1. The van der Waals surface area contributed by atoms with Gasteiger partial charge in [-0.05, 0) is 55.2 Å². The minimum Gasteiger partial charge on any atom is -0.459 e. The van der Waals surface area contributed by atoms with Crippen molar-refractivity contribution in [2.75, 3.05) is 18.4 Å². The molecular weight excluding hydrogens is 444 g/mol. The van der Waals surface area contributed by atoms with Crippen molar-refractivity contribution < 1.29 is 18.8 Å². The van der Waals surface area contributed by atoms with Gasteiger partial charge in [-0.25, -0.2) is 4.98 Å². The normalized spacial score (nSPS) is 19.7. The van der Waals surface area contributed by atoms with Gasteiger partial charge < -0.3 is 19.5 Å². The van der Waals surface area contributed by atoms with Crippen molar-refractivity contribution in [3.63, 3.8) is 0 Å². The number of benzene rings is 1. The number of fused-ring (bicyclic) bond motifs is 1. The quantitative estimate of drug-likeness (QED) is 0.628. The van der Waals surface area contributed by atoms with Crippen LogP contribution >= 0.6 is 0 Å². The molecule has 0 aliphatic carbocycles. The standard InChI is InChI=1S/C27H28N4O4/c1-18-7-4-12-24(28-18)29-25(32)21-10-5-13-30(16-21)26(33)22-15-19-8-2-3-9-20(19)17-31(22)27(34)23-11-6-14-35-23/h2-4,6-9,11-12,14,21-22H,5,10,13,15-17H2,1H3,(H,28,29,32)/t21-,22+/m0/s1. The van der Waals surface area contributed by atoms with E-state index in [4.69, 9.17) is 4.42 Å². The highest BCUT2D eigenvalue weighted by molar-refractivity contribution is 5.96. The lowest BCUT2D eigenvalue weighted by Gasteiger charge is -2.40. The van der Waals surface area contributed by atoms with Gasteiger partial charge in [0.15, 0.2) is 5.76 Å². The molecule has 2 aliphatic rings. The third-order valence-electron chi connectivity index (χ3n) is 6.77. The SMILES string of the molecule is Cc1cccc(NC(=O)[C@H]2CCCN(C(=O)[C@H]3Cc4ccccc4CN3C(=O)c3ccco3)C2)n1. The van der Waals surface area contributed by atoms with Crippen molar-refractivity contribution in [1.29, 1.82) is 0 Å². The molecule has 4 heterocycles. The Labute approximate surface area is 203 Å². The number of piperidine rings is 1. The number of amides is 3. The lowest BCUT2D eigenvalue weighted by molar-refractivity contribution is -0.139. The Morgan fingerprint density at radius 3 is 2.63 bits per heavy atom. The first-order valence-corrected chi connectivity index (χ1v) is 11.9. The van der Waals surface area contributed by atoms with Gasteiger partial charge in [-0.15, -0.1) is 0 Å². The summed E-state index contributed by atoms with van der Waals surface area (Å²) in [6, 6.07) is 16.0. The predicted molar refractivity (Wildman–Crippen MR) is 129 cm³/mol. The molecule has 1 aromatic carbocycles. The molecule has 180 valence electrons. The maximum Gasteiger partial charge on any atom is 0.290 e. The van der Waals surface area contributed by atoms with Crippen LogP contribution in [0, 0.1) is 12.8 Å². The van der Waals surface area contributed by atoms with Gasteiger partial charge in [0.1, 0.15) is 11.9 Å². The Morgan fingerprint density at radius 1 is 1.03 bits per heavy atom. The number of pyridine rings is 1. The van der Waals surface area contributed by atoms with E-state index in [-0.39, 0.29) is 29.4 Å². The molecule has 5 rings (SSSR count). The first-order chi connectivity index (χ1) is 17.0. The van der Waals surface area contributed by atoms with E-state index in [1.807, 2.05) is 43.3 Å². The van der Waals surface area contributed by atoms with E-state index in [0.29, 0.717) is 38.3 Å². The number of rotatable bonds is 4. The van der Waals surface area contributed by atoms with E-state index in [1.165, 1.54) is 6.26 Å². The number of hydrogen-bond acceptors (Lipinski definition) is 5. The molecule has 1 fully saturated rings. The zero-order valence-electron chi connectivity index (χ0n) is 19.6. The number of likely N-dealkylation sites (tertiary alicyclic amines) is 1. The fourth-order valence-corrected chi connectivity index (χ4v) is 4.94. The van der Waals surface area contributed by atoms with E-state index >= 15 is 0 Å². The molecule has 3 aromatic rings. The van der Waals surface area contributed by atoms with Gasteiger partial charge in [0.05, 0.1) is 12.2 Å². The summed E-state index contributed by atoms with van der Waals surface area (Å²) in [6.45, 7) is 3.08. The number of hydrogen-bond donors (Lipinski definition) is 1. The number of furan rings is 1. The minimum atomic E-state index is -0.650. The lowest BCUT2D eigenvalue weighted by atomic mass is 9.91. The van der Waals surface area contributed by atoms with Crippen LogP contribution in [0.4, 0.5) is 5.82 Å². The van der Waals surface area contributed by atoms with Crippen LogP contribution < -0.4 is 5.32 Å². The molecule has 0 unspecified atom stereocenters. The Kier molecular flexibility index (Phi) is 6.35. The van der Waals surface area contributed by atoms with Crippen LogP contribution in [-0.2, 0) is 22.6 Å². The Hall–Kier alpha value is -3.94. The average Bonchev–Trinajstić information content (AvgIpc) is 3.42. The van der Waals surface area contributed by atoms with Gasteiger partial charge in [-0.1, -0.05) is 30.3 Å². The summed E-state index contributed by atoms with van der Waals surface area (Å²) in [5, 5.41) is 2.89. The molecule has 1 N–H and O–H groups in total. The maximum absolute atomic E-state index is 13.8. The summed E-state index contributed by atoms with van der Waals surface area (Å²) in [5.74, 6) is -0.190. The molecule has 0 spiro atoms. The van der Waals surface area contributed by atoms with Crippen molar-refractivity contribution in [3.05, 3.63) is 83.4 Å². The van der Waals surface area contributed by atoms with E-state index in [0.717, 1.165) is 23.2 Å². The van der Waals surface area contributed by atoms with E-state index in [1.54, 1.807) is 28.0 Å². The fraction of sp³-hybridized carbons (Fsp3) is 0.333. The van der Waals surface area contributed by atoms with Gasteiger partial charge in [0.2, 0.25) is 11.8 Å². The van der Waals surface area contributed by atoms with Crippen LogP contribution in [0.3, 0.4) is 0 Å². The molecule has 8 heteroatoms. The molecule has 0 saturated carbocycles. The first kappa shape index (κ1) is 22.8. The first-order valence-electron chi connectivity index (χ1n) is 11.9. The molecule has 2 aromatic heterocycles. The highest BCUT2D eigenvalue weighted by atomic mass is 16.3. The van der Waals surface area contributed by atoms with E-state index in [9.17, 15) is 14.4 Å². The summed E-state index contributed by atoms with van der Waals surface area (Å²) in [4.78, 5) is 47.7. The summed E-state index contributed by atoms with van der Waals surface area (Å²) in [6.07, 6.45) is 3.31. The molecule has 0 radical (unpaired) electrons. The molecule has 2 atom stereocenters. The van der Waals surface area contributed by atoms with E-state index in [2.05, 4.69) is 10.3 Å². The summed E-state index contributed by atoms with van der Waals surface area (Å²) in [5.41, 5.74) is 2.91. The van der Waals surface area contributed by atoms with Crippen molar-refractivity contribution in [1.82, 2.24) is 14.8 Å².